The third-order valence-corrected chi connectivity index (χ3v) is 4.37. The average Bonchev–Trinajstić information content (AvgIpc) is 3.27. The van der Waals surface area contributed by atoms with Gasteiger partial charge in [-0.15, -0.1) is 0 Å². The van der Waals surface area contributed by atoms with Crippen molar-refractivity contribution in [2.45, 2.75) is 20.0 Å². The molecule has 156 valence electrons. The Morgan fingerprint density at radius 1 is 0.903 bits per heavy atom. The Hall–Kier alpha value is -4.13. The predicted molar refractivity (Wildman–Crippen MR) is 116 cm³/mol. The third kappa shape index (κ3) is 5.27. The van der Waals surface area contributed by atoms with E-state index >= 15 is 0 Å². The predicted octanol–water partition coefficient (Wildman–Crippen LogP) is 5.63. The molecule has 1 amide bonds. The number of benzene rings is 3. The number of rotatable bonds is 7. The lowest BCUT2D eigenvalue weighted by Crippen LogP contribution is -2.05. The Morgan fingerprint density at radius 3 is 2.19 bits per heavy atom. The Morgan fingerprint density at radius 2 is 1.55 bits per heavy atom. The molecule has 0 bridgehead atoms. The van der Waals surface area contributed by atoms with Crippen molar-refractivity contribution in [3.63, 3.8) is 0 Å². The van der Waals surface area contributed by atoms with E-state index in [4.69, 9.17) is 14.0 Å². The summed E-state index contributed by atoms with van der Waals surface area (Å²) in [5.74, 6) is 2.83. The standard InChI is InChI=1S/C24H21N3O4/c1-16(29-20-6-4-3-5-7-20)24-26-23(27-31-24)18-8-12-21(13-9-18)30-22-14-10-19(11-15-22)25-17(2)28/h3-16H,1-2H3,(H,25,28)/t16-/m1/s1. The highest BCUT2D eigenvalue weighted by molar-refractivity contribution is 5.88. The molecular formula is C24H21N3O4. The summed E-state index contributed by atoms with van der Waals surface area (Å²) in [6.45, 7) is 3.33. The number of amides is 1. The largest absolute Gasteiger partial charge is 0.481 e. The molecular weight excluding hydrogens is 394 g/mol. The first-order valence-electron chi connectivity index (χ1n) is 9.78. The highest BCUT2D eigenvalue weighted by atomic mass is 16.5. The summed E-state index contributed by atoms with van der Waals surface area (Å²) in [5.41, 5.74) is 1.52. The average molecular weight is 415 g/mol. The van der Waals surface area contributed by atoms with Crippen molar-refractivity contribution < 1.29 is 18.8 Å². The van der Waals surface area contributed by atoms with E-state index in [1.54, 1.807) is 24.3 Å². The van der Waals surface area contributed by atoms with Gasteiger partial charge in [-0.25, -0.2) is 0 Å². The SMILES string of the molecule is CC(=O)Nc1ccc(Oc2ccc(-c3noc([C@@H](C)Oc4ccccc4)n3)cc2)cc1. The molecule has 1 atom stereocenters. The smallest absolute Gasteiger partial charge is 0.267 e. The van der Waals surface area contributed by atoms with Crippen LogP contribution in [0.5, 0.6) is 17.2 Å². The van der Waals surface area contributed by atoms with Gasteiger partial charge in [0, 0.05) is 18.2 Å². The van der Waals surface area contributed by atoms with Crippen LogP contribution in [0.2, 0.25) is 0 Å². The van der Waals surface area contributed by atoms with Gasteiger partial charge in [-0.05, 0) is 67.6 Å². The van der Waals surface area contributed by atoms with Crippen LogP contribution in [0.4, 0.5) is 5.69 Å². The lowest BCUT2D eigenvalue weighted by atomic mass is 10.2. The molecule has 0 spiro atoms. The van der Waals surface area contributed by atoms with E-state index in [-0.39, 0.29) is 12.0 Å². The number of hydrogen-bond donors (Lipinski definition) is 1. The van der Waals surface area contributed by atoms with Crippen LogP contribution >= 0.6 is 0 Å². The molecule has 0 aliphatic rings. The number of nitrogens with zero attached hydrogens (tertiary/aromatic N) is 2. The summed E-state index contributed by atoms with van der Waals surface area (Å²) in [4.78, 5) is 15.5. The van der Waals surface area contributed by atoms with Crippen molar-refractivity contribution in [3.8, 4) is 28.6 Å². The van der Waals surface area contributed by atoms with Crippen LogP contribution in [0.1, 0.15) is 25.8 Å². The van der Waals surface area contributed by atoms with Crippen LogP contribution in [0.25, 0.3) is 11.4 Å². The molecule has 1 heterocycles. The number of hydrogen-bond acceptors (Lipinski definition) is 6. The molecule has 7 nitrogen and oxygen atoms in total. The lowest BCUT2D eigenvalue weighted by Gasteiger charge is -2.09. The quantitative estimate of drug-likeness (QED) is 0.421. The molecule has 1 aromatic heterocycles. The van der Waals surface area contributed by atoms with Crippen LogP contribution in [0, 0.1) is 0 Å². The molecule has 4 rings (SSSR count). The first-order chi connectivity index (χ1) is 15.1. The molecule has 4 aromatic rings. The Labute approximate surface area is 179 Å². The highest BCUT2D eigenvalue weighted by Gasteiger charge is 2.17. The maximum absolute atomic E-state index is 11.1. The van der Waals surface area contributed by atoms with E-state index in [0.717, 1.165) is 11.3 Å². The van der Waals surface area contributed by atoms with Crippen LogP contribution in [0.3, 0.4) is 0 Å². The minimum Gasteiger partial charge on any atom is -0.481 e. The molecule has 0 aliphatic heterocycles. The number of ether oxygens (including phenoxy) is 2. The van der Waals surface area contributed by atoms with Crippen molar-refractivity contribution >= 4 is 11.6 Å². The molecule has 0 fully saturated rings. The van der Waals surface area contributed by atoms with Gasteiger partial charge in [0.15, 0.2) is 6.10 Å². The van der Waals surface area contributed by atoms with Crippen molar-refractivity contribution in [2.24, 2.45) is 0 Å². The van der Waals surface area contributed by atoms with Gasteiger partial charge in [0.25, 0.3) is 5.89 Å². The molecule has 0 saturated heterocycles. The van der Waals surface area contributed by atoms with E-state index in [9.17, 15) is 4.79 Å². The van der Waals surface area contributed by atoms with Gasteiger partial charge in [-0.2, -0.15) is 4.98 Å². The Kier molecular flexibility index (Phi) is 5.93. The van der Waals surface area contributed by atoms with Crippen molar-refractivity contribution in [2.75, 3.05) is 5.32 Å². The third-order valence-electron chi connectivity index (χ3n) is 4.37. The van der Waals surface area contributed by atoms with Gasteiger partial charge in [0.1, 0.15) is 17.2 Å². The van der Waals surface area contributed by atoms with Crippen LogP contribution < -0.4 is 14.8 Å². The zero-order chi connectivity index (χ0) is 21.6. The zero-order valence-electron chi connectivity index (χ0n) is 17.1. The molecule has 7 heteroatoms. The second-order valence-electron chi connectivity index (χ2n) is 6.86. The summed E-state index contributed by atoms with van der Waals surface area (Å²) in [6.07, 6.45) is -0.369. The molecule has 0 saturated carbocycles. The van der Waals surface area contributed by atoms with E-state index in [2.05, 4.69) is 15.5 Å². The summed E-state index contributed by atoms with van der Waals surface area (Å²) < 4.78 is 17.0. The molecule has 3 aromatic carbocycles. The number of anilines is 1. The van der Waals surface area contributed by atoms with E-state index in [0.29, 0.717) is 28.9 Å². The second kappa shape index (κ2) is 9.13. The zero-order valence-corrected chi connectivity index (χ0v) is 17.1. The summed E-state index contributed by atoms with van der Waals surface area (Å²) in [6, 6.07) is 24.0. The summed E-state index contributed by atoms with van der Waals surface area (Å²) in [5, 5.41) is 6.77. The van der Waals surface area contributed by atoms with E-state index in [1.165, 1.54) is 6.92 Å². The van der Waals surface area contributed by atoms with Crippen LogP contribution in [-0.4, -0.2) is 16.0 Å². The second-order valence-corrected chi connectivity index (χ2v) is 6.86. The van der Waals surface area contributed by atoms with Gasteiger partial charge in [0.05, 0.1) is 0 Å². The van der Waals surface area contributed by atoms with Gasteiger partial charge in [-0.3, -0.25) is 4.79 Å². The number of aromatic nitrogens is 2. The molecule has 31 heavy (non-hydrogen) atoms. The molecule has 0 aliphatic carbocycles. The summed E-state index contributed by atoms with van der Waals surface area (Å²) >= 11 is 0. The fourth-order valence-electron chi connectivity index (χ4n) is 2.89. The van der Waals surface area contributed by atoms with Gasteiger partial charge in [-0.1, -0.05) is 23.4 Å². The number of carbonyl (C=O) groups excluding carboxylic acids is 1. The normalized spacial score (nSPS) is 11.5. The minimum absolute atomic E-state index is 0.116. The number of carbonyl (C=O) groups is 1. The fourth-order valence-corrected chi connectivity index (χ4v) is 2.89. The van der Waals surface area contributed by atoms with Gasteiger partial charge >= 0.3 is 0 Å². The van der Waals surface area contributed by atoms with Crippen molar-refractivity contribution in [1.82, 2.24) is 10.1 Å². The maximum Gasteiger partial charge on any atom is 0.267 e. The van der Waals surface area contributed by atoms with E-state index in [1.807, 2.05) is 61.5 Å². The minimum atomic E-state index is -0.369. The lowest BCUT2D eigenvalue weighted by molar-refractivity contribution is -0.114. The molecule has 1 N–H and O–H groups in total. The molecule has 0 radical (unpaired) electrons. The number of para-hydroxylation sites is 1. The van der Waals surface area contributed by atoms with Gasteiger partial charge < -0.3 is 19.3 Å². The Balaban J connectivity index is 1.40. The summed E-state index contributed by atoms with van der Waals surface area (Å²) in [7, 11) is 0. The number of nitrogens with one attached hydrogen (secondary N) is 1. The van der Waals surface area contributed by atoms with Crippen LogP contribution in [0.15, 0.2) is 83.4 Å². The van der Waals surface area contributed by atoms with Crippen LogP contribution in [-0.2, 0) is 4.79 Å². The topological polar surface area (TPSA) is 86.5 Å². The highest BCUT2D eigenvalue weighted by Crippen LogP contribution is 2.27. The van der Waals surface area contributed by atoms with Crippen molar-refractivity contribution in [3.05, 3.63) is 84.8 Å². The first-order valence-corrected chi connectivity index (χ1v) is 9.78. The van der Waals surface area contributed by atoms with Gasteiger partial charge in [0.2, 0.25) is 11.7 Å². The first kappa shape index (κ1) is 20.2. The maximum atomic E-state index is 11.1. The molecule has 0 unspecified atom stereocenters. The van der Waals surface area contributed by atoms with Crippen molar-refractivity contribution in [1.29, 1.82) is 0 Å². The monoisotopic (exact) mass is 415 g/mol. The Bertz CT molecular complexity index is 1140. The fraction of sp³-hybridized carbons (Fsp3) is 0.125. The van der Waals surface area contributed by atoms with E-state index < -0.39 is 0 Å².